The van der Waals surface area contributed by atoms with Gasteiger partial charge in [-0.15, -0.1) is 0 Å². The van der Waals surface area contributed by atoms with Crippen molar-refractivity contribution in [1.29, 1.82) is 0 Å². The molecular weight excluding hydrogens is 280 g/mol. The highest BCUT2D eigenvalue weighted by Crippen LogP contribution is 2.26. The van der Waals surface area contributed by atoms with Gasteiger partial charge < -0.3 is 4.74 Å². The molecule has 0 bridgehead atoms. The fourth-order valence-corrected chi connectivity index (χ4v) is 2.43. The van der Waals surface area contributed by atoms with E-state index in [9.17, 15) is 0 Å². The first kappa shape index (κ1) is 13.2. The van der Waals surface area contributed by atoms with Crippen molar-refractivity contribution in [1.82, 2.24) is 29.7 Å². The molecule has 0 spiro atoms. The van der Waals surface area contributed by atoms with Crippen LogP contribution in [-0.2, 0) is 0 Å². The van der Waals surface area contributed by atoms with Crippen molar-refractivity contribution in [2.45, 2.75) is 38.7 Å². The molecule has 0 radical (unpaired) electrons. The highest BCUT2D eigenvalue weighted by molar-refractivity contribution is 6.28. The van der Waals surface area contributed by atoms with Gasteiger partial charge in [0, 0.05) is 0 Å². The van der Waals surface area contributed by atoms with Crippen molar-refractivity contribution in [3.05, 3.63) is 17.9 Å². The number of ether oxygens (including phenoxy) is 1. The fourth-order valence-electron chi connectivity index (χ4n) is 2.29. The largest absolute Gasteiger partial charge is 0.460 e. The summed E-state index contributed by atoms with van der Waals surface area (Å²) in [5.41, 5.74) is 0. The van der Waals surface area contributed by atoms with Crippen LogP contribution in [0.4, 0.5) is 0 Å². The van der Waals surface area contributed by atoms with Crippen LogP contribution in [0.1, 0.15) is 32.6 Å². The van der Waals surface area contributed by atoms with Gasteiger partial charge in [-0.25, -0.2) is 4.98 Å². The molecule has 0 atom stereocenters. The molecule has 2 heterocycles. The van der Waals surface area contributed by atoms with Crippen LogP contribution in [0.3, 0.4) is 0 Å². The Hall–Kier alpha value is -1.76. The molecule has 2 aromatic rings. The highest BCUT2D eigenvalue weighted by Gasteiger charge is 2.21. The van der Waals surface area contributed by atoms with Crippen molar-refractivity contribution in [3.63, 3.8) is 0 Å². The molecule has 2 aromatic heterocycles. The first-order chi connectivity index (χ1) is 9.70. The normalized spacial score (nSPS) is 22.7. The van der Waals surface area contributed by atoms with Crippen LogP contribution in [0.5, 0.6) is 6.01 Å². The average Bonchev–Trinajstić information content (AvgIpc) is 2.95. The molecule has 1 aliphatic rings. The molecule has 7 nitrogen and oxygen atoms in total. The molecule has 106 valence electrons. The molecule has 1 aliphatic carbocycles. The summed E-state index contributed by atoms with van der Waals surface area (Å²) in [7, 11) is 0. The minimum atomic E-state index is 0.0877. The number of nitrogens with zero attached hydrogens (tertiary/aromatic N) is 6. The van der Waals surface area contributed by atoms with Gasteiger partial charge in [0.1, 0.15) is 18.8 Å². The van der Waals surface area contributed by atoms with Crippen molar-refractivity contribution in [3.8, 4) is 12.0 Å². The SMILES string of the molecule is CC1CCC(Oc2nc(Cl)nc(-n3cncn3)n2)CC1. The average molecular weight is 295 g/mol. The summed E-state index contributed by atoms with van der Waals surface area (Å²) in [4.78, 5) is 16.1. The first-order valence-corrected chi connectivity index (χ1v) is 7.02. The minimum absolute atomic E-state index is 0.0877. The highest BCUT2D eigenvalue weighted by atomic mass is 35.5. The van der Waals surface area contributed by atoms with Crippen molar-refractivity contribution >= 4 is 11.6 Å². The van der Waals surface area contributed by atoms with Gasteiger partial charge in [0.2, 0.25) is 5.28 Å². The van der Waals surface area contributed by atoms with Gasteiger partial charge in [0.15, 0.2) is 0 Å². The molecule has 0 unspecified atom stereocenters. The summed E-state index contributed by atoms with van der Waals surface area (Å²) in [6.07, 6.45) is 7.41. The van der Waals surface area contributed by atoms with E-state index in [1.165, 1.54) is 30.2 Å². The van der Waals surface area contributed by atoms with E-state index in [4.69, 9.17) is 16.3 Å². The van der Waals surface area contributed by atoms with Gasteiger partial charge >= 0.3 is 6.01 Å². The smallest absolute Gasteiger partial charge is 0.322 e. The Labute approximate surface area is 121 Å². The lowest BCUT2D eigenvalue weighted by atomic mass is 9.89. The third-order valence-electron chi connectivity index (χ3n) is 3.43. The zero-order valence-electron chi connectivity index (χ0n) is 11.1. The second-order valence-electron chi connectivity index (χ2n) is 5.03. The van der Waals surface area contributed by atoms with Crippen molar-refractivity contribution in [2.75, 3.05) is 0 Å². The lowest BCUT2D eigenvalue weighted by molar-refractivity contribution is 0.124. The third-order valence-corrected chi connectivity index (χ3v) is 3.60. The van der Waals surface area contributed by atoms with Crippen LogP contribution < -0.4 is 4.74 Å². The number of hydrogen-bond acceptors (Lipinski definition) is 6. The van der Waals surface area contributed by atoms with E-state index in [2.05, 4.69) is 32.0 Å². The van der Waals surface area contributed by atoms with E-state index in [0.717, 1.165) is 18.8 Å². The van der Waals surface area contributed by atoms with Crippen LogP contribution in [-0.4, -0.2) is 35.8 Å². The van der Waals surface area contributed by atoms with Crippen LogP contribution in [0, 0.1) is 5.92 Å². The van der Waals surface area contributed by atoms with E-state index in [1.54, 1.807) is 0 Å². The molecule has 0 amide bonds. The molecule has 20 heavy (non-hydrogen) atoms. The first-order valence-electron chi connectivity index (χ1n) is 6.64. The van der Waals surface area contributed by atoms with Crippen molar-refractivity contribution in [2.24, 2.45) is 5.92 Å². The lowest BCUT2D eigenvalue weighted by Crippen LogP contribution is -2.24. The Morgan fingerprint density at radius 3 is 2.70 bits per heavy atom. The third kappa shape index (κ3) is 3.04. The van der Waals surface area contributed by atoms with Gasteiger partial charge in [-0.1, -0.05) is 6.92 Å². The number of aromatic nitrogens is 6. The van der Waals surface area contributed by atoms with Crippen molar-refractivity contribution < 1.29 is 4.74 Å². The maximum atomic E-state index is 5.90. The summed E-state index contributed by atoms with van der Waals surface area (Å²) in [6, 6.07) is 0.245. The topological polar surface area (TPSA) is 78.6 Å². The van der Waals surface area contributed by atoms with E-state index in [0.29, 0.717) is 5.95 Å². The maximum Gasteiger partial charge on any atom is 0.322 e. The molecule has 0 N–H and O–H groups in total. The molecule has 3 rings (SSSR count). The van der Waals surface area contributed by atoms with Gasteiger partial charge in [-0.2, -0.15) is 24.7 Å². The number of hydrogen-bond donors (Lipinski definition) is 0. The minimum Gasteiger partial charge on any atom is -0.460 e. The van der Waals surface area contributed by atoms with E-state index in [-0.39, 0.29) is 17.4 Å². The zero-order valence-corrected chi connectivity index (χ0v) is 11.9. The predicted octanol–water partition coefficient (Wildman–Crippen LogP) is 2.06. The fraction of sp³-hybridized carbons (Fsp3) is 0.583. The summed E-state index contributed by atoms with van der Waals surface area (Å²) in [5, 5.41) is 4.05. The summed E-state index contributed by atoms with van der Waals surface area (Å²) in [6.45, 7) is 2.26. The van der Waals surface area contributed by atoms with Crippen LogP contribution >= 0.6 is 11.6 Å². The Balaban J connectivity index is 1.76. The molecule has 8 heteroatoms. The summed E-state index contributed by atoms with van der Waals surface area (Å²) < 4.78 is 7.23. The number of halogens is 1. The summed E-state index contributed by atoms with van der Waals surface area (Å²) >= 11 is 5.90. The van der Waals surface area contributed by atoms with E-state index >= 15 is 0 Å². The van der Waals surface area contributed by atoms with Crippen LogP contribution in [0.15, 0.2) is 12.7 Å². The molecular formula is C12H15ClN6O. The van der Waals surface area contributed by atoms with Crippen LogP contribution in [0.25, 0.3) is 5.95 Å². The maximum absolute atomic E-state index is 5.90. The van der Waals surface area contributed by atoms with Gasteiger partial charge in [0.05, 0.1) is 0 Å². The van der Waals surface area contributed by atoms with Gasteiger partial charge in [-0.05, 0) is 43.2 Å². The zero-order chi connectivity index (χ0) is 13.9. The molecule has 0 saturated heterocycles. The molecule has 1 saturated carbocycles. The Morgan fingerprint density at radius 1 is 1.20 bits per heavy atom. The van der Waals surface area contributed by atoms with Gasteiger partial charge in [-0.3, -0.25) is 0 Å². The molecule has 0 aliphatic heterocycles. The second-order valence-corrected chi connectivity index (χ2v) is 5.36. The number of rotatable bonds is 3. The van der Waals surface area contributed by atoms with E-state index in [1.807, 2.05) is 0 Å². The Morgan fingerprint density at radius 2 is 2.00 bits per heavy atom. The predicted molar refractivity (Wildman–Crippen MR) is 71.8 cm³/mol. The van der Waals surface area contributed by atoms with E-state index < -0.39 is 0 Å². The lowest BCUT2D eigenvalue weighted by Gasteiger charge is -2.25. The summed E-state index contributed by atoms with van der Waals surface area (Å²) in [5.74, 6) is 1.07. The second kappa shape index (κ2) is 5.70. The Bertz CT molecular complexity index is 567. The Kier molecular flexibility index (Phi) is 3.77. The molecule has 1 fully saturated rings. The standard InChI is InChI=1S/C12H15ClN6O/c1-8-2-4-9(5-3-8)20-12-17-10(13)16-11(18-12)19-7-14-6-15-19/h6-9H,2-5H2,1H3. The van der Waals surface area contributed by atoms with Gasteiger partial charge in [0.25, 0.3) is 5.95 Å². The quantitative estimate of drug-likeness (QED) is 0.862. The molecule has 0 aromatic carbocycles. The van der Waals surface area contributed by atoms with Crippen LogP contribution in [0.2, 0.25) is 5.28 Å². The monoisotopic (exact) mass is 294 g/mol.